The van der Waals surface area contributed by atoms with Crippen LogP contribution in [0.25, 0.3) is 16.6 Å². The minimum Gasteiger partial charge on any atom is -0.381 e. The number of carbonyl (C=O) groups is 1. The average Bonchev–Trinajstić information content (AvgIpc) is 3.40. The van der Waals surface area contributed by atoms with Crippen molar-refractivity contribution in [3.63, 3.8) is 0 Å². The van der Waals surface area contributed by atoms with E-state index in [-0.39, 0.29) is 5.78 Å². The standard InChI is InChI=1S/C20H20ClN5O.C6H14.C5H10O/c1-4-7-22-16(5-2)17-6-8-23-20(26-17)24-14-9-13-10-18(12(3)27)25-19(13)15(21)11-14;1-3-5-6-4-2;1-2-4-6-5-3-1/h5-11,25H,4H2,1-3H3,(H,23,24,26);3-6H2,1-2H3;1-5H2/b16-5-,22-7?;;. The fraction of sp³-hybridized carbons (Fsp3) is 0.484. The topological polar surface area (TPSA) is 92.3 Å². The third-order valence-corrected chi connectivity index (χ3v) is 6.25. The van der Waals surface area contributed by atoms with Gasteiger partial charge in [-0.1, -0.05) is 64.1 Å². The highest BCUT2D eigenvalue weighted by Gasteiger charge is 2.11. The van der Waals surface area contributed by atoms with E-state index >= 15 is 0 Å². The predicted molar refractivity (Wildman–Crippen MR) is 166 cm³/mol. The van der Waals surface area contributed by atoms with Crippen LogP contribution in [-0.4, -0.2) is 40.2 Å². The Kier molecular flexibility index (Phi) is 15.1. The zero-order valence-electron chi connectivity index (χ0n) is 24.1. The van der Waals surface area contributed by atoms with E-state index in [0.29, 0.717) is 16.7 Å². The fourth-order valence-electron chi connectivity index (χ4n) is 3.82. The molecule has 1 aliphatic rings. The molecule has 2 aromatic heterocycles. The van der Waals surface area contributed by atoms with Gasteiger partial charge in [0, 0.05) is 43.6 Å². The second kappa shape index (κ2) is 18.3. The zero-order valence-corrected chi connectivity index (χ0v) is 24.9. The first-order valence-corrected chi connectivity index (χ1v) is 14.5. The number of ether oxygens (including phenoxy) is 1. The number of ketones is 1. The van der Waals surface area contributed by atoms with Crippen LogP contribution in [0, 0.1) is 0 Å². The third kappa shape index (κ3) is 11.3. The fourth-order valence-corrected chi connectivity index (χ4v) is 4.09. The summed E-state index contributed by atoms with van der Waals surface area (Å²) in [6.45, 7) is 11.9. The van der Waals surface area contributed by atoms with Crippen LogP contribution in [0.4, 0.5) is 11.6 Å². The summed E-state index contributed by atoms with van der Waals surface area (Å²) in [6, 6.07) is 7.26. The molecule has 0 radical (unpaired) electrons. The molecule has 0 atom stereocenters. The maximum atomic E-state index is 11.6. The molecule has 0 bridgehead atoms. The van der Waals surface area contributed by atoms with E-state index in [4.69, 9.17) is 16.3 Å². The van der Waals surface area contributed by atoms with E-state index in [0.717, 1.165) is 47.6 Å². The molecular weight excluding hydrogens is 510 g/mol. The van der Waals surface area contributed by atoms with Crippen molar-refractivity contribution in [1.82, 2.24) is 15.0 Å². The number of hydrogen-bond donors (Lipinski definition) is 2. The van der Waals surface area contributed by atoms with Gasteiger partial charge in [0.1, 0.15) is 0 Å². The number of aromatic amines is 1. The lowest BCUT2D eigenvalue weighted by Crippen LogP contribution is -2.03. The summed E-state index contributed by atoms with van der Waals surface area (Å²) in [5.41, 5.74) is 3.50. The summed E-state index contributed by atoms with van der Waals surface area (Å²) >= 11 is 6.36. The number of H-pyrrole nitrogens is 1. The van der Waals surface area contributed by atoms with E-state index in [9.17, 15) is 4.79 Å². The van der Waals surface area contributed by atoms with Gasteiger partial charge < -0.3 is 15.0 Å². The lowest BCUT2D eigenvalue weighted by atomic mass is 10.2. The summed E-state index contributed by atoms with van der Waals surface area (Å²) in [4.78, 5) is 27.8. The molecule has 0 aliphatic carbocycles. The van der Waals surface area contributed by atoms with E-state index < -0.39 is 0 Å². The number of nitrogens with one attached hydrogen (secondary N) is 2. The van der Waals surface area contributed by atoms with Gasteiger partial charge in [-0.05, 0) is 56.9 Å². The number of aliphatic imine (C=N–C) groups is 1. The number of nitrogens with zero attached hydrogens (tertiary/aromatic N) is 3. The van der Waals surface area contributed by atoms with E-state index in [1.807, 2.05) is 38.3 Å². The lowest BCUT2D eigenvalue weighted by Gasteiger charge is -2.08. The zero-order chi connectivity index (χ0) is 28.5. The van der Waals surface area contributed by atoms with Gasteiger partial charge in [0.15, 0.2) is 5.78 Å². The number of hydrogen-bond acceptors (Lipinski definition) is 6. The Labute approximate surface area is 238 Å². The van der Waals surface area contributed by atoms with Crippen LogP contribution in [0.2, 0.25) is 5.02 Å². The van der Waals surface area contributed by atoms with Gasteiger partial charge in [-0.25, -0.2) is 9.97 Å². The Hall–Kier alpha value is -3.03. The molecule has 3 aromatic rings. The minimum absolute atomic E-state index is 0.0423. The van der Waals surface area contributed by atoms with Gasteiger partial charge in [0.05, 0.1) is 27.6 Å². The number of fused-ring (bicyclic) bond motifs is 1. The smallest absolute Gasteiger partial charge is 0.227 e. The van der Waals surface area contributed by atoms with Crippen molar-refractivity contribution in [2.24, 2.45) is 4.99 Å². The summed E-state index contributed by atoms with van der Waals surface area (Å²) in [5, 5.41) is 4.52. The number of allylic oxidation sites excluding steroid dienone is 1. The molecule has 4 rings (SSSR count). The molecular formula is C31H44ClN5O2. The quantitative estimate of drug-likeness (QED) is 0.156. The van der Waals surface area contributed by atoms with Crippen LogP contribution >= 0.6 is 11.6 Å². The van der Waals surface area contributed by atoms with Crippen molar-refractivity contribution in [3.05, 3.63) is 52.9 Å². The number of anilines is 2. The largest absolute Gasteiger partial charge is 0.381 e. The number of unbranched alkanes of at least 4 members (excludes halogenated alkanes) is 3. The number of aromatic nitrogens is 3. The molecule has 8 heteroatoms. The van der Waals surface area contributed by atoms with Crippen molar-refractivity contribution in [3.8, 4) is 0 Å². The van der Waals surface area contributed by atoms with Crippen molar-refractivity contribution < 1.29 is 9.53 Å². The monoisotopic (exact) mass is 553 g/mol. The molecule has 0 spiro atoms. The third-order valence-electron chi connectivity index (χ3n) is 5.95. The van der Waals surface area contributed by atoms with E-state index in [2.05, 4.69) is 39.1 Å². The Bertz CT molecular complexity index is 1200. The SMILES string of the molecule is C/C=C(\N=CCC)c1ccnc(Nc2cc(Cl)c3[nH]c(C(C)=O)cc3c2)n1.C1CCOCC1.CCCCCC. The highest BCUT2D eigenvalue weighted by atomic mass is 35.5. The second-order valence-electron chi connectivity index (χ2n) is 9.33. The van der Waals surface area contributed by atoms with Crippen LogP contribution in [0.3, 0.4) is 0 Å². The molecule has 39 heavy (non-hydrogen) atoms. The molecule has 0 saturated carbocycles. The normalized spacial score (nSPS) is 13.4. The Morgan fingerprint density at radius 3 is 2.38 bits per heavy atom. The molecule has 1 fully saturated rings. The van der Waals surface area contributed by atoms with Gasteiger partial charge in [0.2, 0.25) is 5.95 Å². The molecule has 2 N–H and O–H groups in total. The summed E-state index contributed by atoms with van der Waals surface area (Å²) in [6.07, 6.45) is 15.8. The highest BCUT2D eigenvalue weighted by molar-refractivity contribution is 6.35. The predicted octanol–water partition coefficient (Wildman–Crippen LogP) is 9.17. The molecule has 0 unspecified atom stereocenters. The van der Waals surface area contributed by atoms with Crippen molar-refractivity contribution in [2.75, 3.05) is 18.5 Å². The van der Waals surface area contributed by atoms with Gasteiger partial charge in [-0.3, -0.25) is 9.79 Å². The first-order valence-electron chi connectivity index (χ1n) is 14.1. The Balaban J connectivity index is 0.000000367. The molecule has 1 aliphatic heterocycles. The van der Waals surface area contributed by atoms with Gasteiger partial charge in [-0.2, -0.15) is 0 Å². The molecule has 1 aromatic carbocycles. The summed E-state index contributed by atoms with van der Waals surface area (Å²) in [7, 11) is 0. The van der Waals surface area contributed by atoms with Crippen molar-refractivity contribution in [1.29, 1.82) is 0 Å². The molecule has 212 valence electrons. The summed E-state index contributed by atoms with van der Waals surface area (Å²) < 4.78 is 5.07. The number of rotatable bonds is 9. The first-order chi connectivity index (χ1) is 18.9. The van der Waals surface area contributed by atoms with Crippen molar-refractivity contribution in [2.45, 2.75) is 86.0 Å². The van der Waals surface area contributed by atoms with Crippen LogP contribution in [0.1, 0.15) is 102 Å². The molecule has 3 heterocycles. The van der Waals surface area contributed by atoms with Crippen LogP contribution in [-0.2, 0) is 4.74 Å². The van der Waals surface area contributed by atoms with E-state index in [1.165, 1.54) is 51.9 Å². The highest BCUT2D eigenvalue weighted by Crippen LogP contribution is 2.29. The first kappa shape index (κ1) is 32.2. The van der Waals surface area contributed by atoms with Gasteiger partial charge in [-0.15, -0.1) is 0 Å². The maximum absolute atomic E-state index is 11.6. The summed E-state index contributed by atoms with van der Waals surface area (Å²) in [5.74, 6) is 0.399. The second-order valence-corrected chi connectivity index (χ2v) is 9.73. The minimum atomic E-state index is -0.0423. The van der Waals surface area contributed by atoms with Crippen LogP contribution in [0.15, 0.2) is 41.5 Å². The van der Waals surface area contributed by atoms with Crippen LogP contribution in [0.5, 0.6) is 0 Å². The Morgan fingerprint density at radius 2 is 1.85 bits per heavy atom. The molecule has 1 saturated heterocycles. The Morgan fingerprint density at radius 1 is 1.13 bits per heavy atom. The molecule has 0 amide bonds. The van der Waals surface area contributed by atoms with Crippen LogP contribution < -0.4 is 5.32 Å². The molecule has 7 nitrogen and oxygen atoms in total. The average molecular weight is 554 g/mol. The van der Waals surface area contributed by atoms with E-state index in [1.54, 1.807) is 18.3 Å². The van der Waals surface area contributed by atoms with Crippen molar-refractivity contribution >= 4 is 51.8 Å². The van der Waals surface area contributed by atoms with Gasteiger partial charge >= 0.3 is 0 Å². The lowest BCUT2D eigenvalue weighted by molar-refractivity contribution is 0.0968. The number of Topliss-reactive ketones (excluding diaryl/α,β-unsaturated/α-hetero) is 1. The number of carbonyl (C=O) groups excluding carboxylic acids is 1. The van der Waals surface area contributed by atoms with Gasteiger partial charge in [0.25, 0.3) is 0 Å². The number of halogens is 1. The maximum Gasteiger partial charge on any atom is 0.227 e. The number of benzene rings is 1.